The van der Waals surface area contributed by atoms with Crippen molar-refractivity contribution >= 4 is 34.5 Å². The summed E-state index contributed by atoms with van der Waals surface area (Å²) in [6.07, 6.45) is 3.00. The summed E-state index contributed by atoms with van der Waals surface area (Å²) >= 11 is 0. The summed E-state index contributed by atoms with van der Waals surface area (Å²) in [4.78, 5) is 32.4. The summed E-state index contributed by atoms with van der Waals surface area (Å²) in [6, 6.07) is 15.8. The number of carbonyl (C=O) groups is 2. The summed E-state index contributed by atoms with van der Waals surface area (Å²) in [7, 11) is 0. The van der Waals surface area contributed by atoms with Crippen molar-refractivity contribution in [1.82, 2.24) is 9.55 Å². The molecule has 0 saturated heterocycles. The number of hydrogen-bond donors (Lipinski definition) is 1. The molecule has 1 aromatic heterocycles. The minimum absolute atomic E-state index is 0.0114. The summed E-state index contributed by atoms with van der Waals surface area (Å²) in [5.41, 5.74) is 3.86. The van der Waals surface area contributed by atoms with Gasteiger partial charge in [-0.3, -0.25) is 14.5 Å². The van der Waals surface area contributed by atoms with Crippen LogP contribution in [0.3, 0.4) is 0 Å². The Balaban J connectivity index is 1.55. The van der Waals surface area contributed by atoms with Crippen LogP contribution in [0, 0.1) is 5.92 Å². The summed E-state index contributed by atoms with van der Waals surface area (Å²) < 4.78 is 2.08. The molecule has 2 heterocycles. The lowest BCUT2D eigenvalue weighted by Gasteiger charge is -2.32. The van der Waals surface area contributed by atoms with E-state index in [0.717, 1.165) is 36.0 Å². The number of nitrogens with one attached hydrogen (secondary N) is 1. The van der Waals surface area contributed by atoms with Crippen LogP contribution in [0.2, 0.25) is 0 Å². The molecule has 6 heteroatoms. The fourth-order valence-electron chi connectivity index (χ4n) is 4.00. The van der Waals surface area contributed by atoms with Crippen molar-refractivity contribution in [2.24, 2.45) is 5.92 Å². The first-order valence-electron chi connectivity index (χ1n) is 10.8. The van der Waals surface area contributed by atoms with Crippen LogP contribution in [0.15, 0.2) is 48.5 Å². The molecule has 1 aliphatic heterocycles. The molecule has 0 bridgehead atoms. The number of fused-ring (bicyclic) bond motifs is 3. The molecule has 0 spiro atoms. The monoisotopic (exact) mass is 404 g/mol. The van der Waals surface area contributed by atoms with Crippen LogP contribution in [0.5, 0.6) is 0 Å². The maximum absolute atomic E-state index is 13.2. The van der Waals surface area contributed by atoms with E-state index in [2.05, 4.69) is 23.7 Å². The fourth-order valence-corrected chi connectivity index (χ4v) is 4.00. The van der Waals surface area contributed by atoms with Crippen molar-refractivity contribution in [2.75, 3.05) is 16.8 Å². The third-order valence-corrected chi connectivity index (χ3v) is 5.71. The molecule has 2 amide bonds. The van der Waals surface area contributed by atoms with Gasteiger partial charge < -0.3 is 9.88 Å². The Hall–Kier alpha value is -3.15. The van der Waals surface area contributed by atoms with Crippen LogP contribution in [0.25, 0.3) is 11.0 Å². The topological polar surface area (TPSA) is 67.2 Å². The van der Waals surface area contributed by atoms with Crippen molar-refractivity contribution in [1.29, 1.82) is 0 Å². The Labute approximate surface area is 176 Å². The van der Waals surface area contributed by atoms with Crippen LogP contribution in [0.4, 0.5) is 11.6 Å². The van der Waals surface area contributed by atoms with Gasteiger partial charge in [0.1, 0.15) is 0 Å². The molecule has 0 saturated carbocycles. The summed E-state index contributed by atoms with van der Waals surface area (Å²) in [5.74, 6) is 0.145. The van der Waals surface area contributed by atoms with Crippen molar-refractivity contribution < 1.29 is 9.59 Å². The molecule has 30 heavy (non-hydrogen) atoms. The number of hydrogen-bond acceptors (Lipinski definition) is 3. The molecule has 1 aliphatic rings. The molecule has 156 valence electrons. The number of amides is 2. The van der Waals surface area contributed by atoms with Crippen LogP contribution >= 0.6 is 0 Å². The maximum atomic E-state index is 13.2. The first kappa shape index (κ1) is 20.1. The van der Waals surface area contributed by atoms with Gasteiger partial charge in [0.05, 0.1) is 17.0 Å². The molecule has 1 N–H and O–H groups in total. The highest BCUT2D eigenvalue weighted by atomic mass is 16.2. The molecular formula is C24H28N4O2. The third kappa shape index (κ3) is 3.95. The second kappa shape index (κ2) is 8.69. The van der Waals surface area contributed by atoms with Crippen LogP contribution in [-0.2, 0) is 22.6 Å². The SMILES string of the molecule is CCCCN1C(=O)C(CC(=O)Nc2ccc(CC)cc2)Cn2c1nc1ccccc12. The van der Waals surface area contributed by atoms with Gasteiger partial charge in [0.2, 0.25) is 17.8 Å². The quantitative estimate of drug-likeness (QED) is 0.635. The lowest BCUT2D eigenvalue weighted by Crippen LogP contribution is -2.45. The van der Waals surface area contributed by atoms with Gasteiger partial charge in [0, 0.05) is 25.2 Å². The van der Waals surface area contributed by atoms with E-state index >= 15 is 0 Å². The highest BCUT2D eigenvalue weighted by Crippen LogP contribution is 2.31. The van der Waals surface area contributed by atoms with Crippen molar-refractivity contribution in [3.05, 3.63) is 54.1 Å². The fraction of sp³-hybridized carbons (Fsp3) is 0.375. The van der Waals surface area contributed by atoms with Gasteiger partial charge in [0.25, 0.3) is 0 Å². The molecule has 3 aromatic rings. The average molecular weight is 405 g/mol. The van der Waals surface area contributed by atoms with Crippen molar-refractivity contribution in [3.63, 3.8) is 0 Å². The lowest BCUT2D eigenvalue weighted by atomic mass is 10.0. The molecule has 0 fully saturated rings. The highest BCUT2D eigenvalue weighted by molar-refractivity contribution is 6.01. The zero-order valence-corrected chi connectivity index (χ0v) is 17.6. The van der Waals surface area contributed by atoms with E-state index in [0.29, 0.717) is 19.0 Å². The van der Waals surface area contributed by atoms with E-state index in [1.807, 2.05) is 48.5 Å². The third-order valence-electron chi connectivity index (χ3n) is 5.71. The lowest BCUT2D eigenvalue weighted by molar-refractivity contribution is -0.127. The number of carbonyl (C=O) groups excluding carboxylic acids is 2. The van der Waals surface area contributed by atoms with E-state index in [9.17, 15) is 9.59 Å². The molecule has 6 nitrogen and oxygen atoms in total. The molecule has 1 atom stereocenters. The zero-order valence-electron chi connectivity index (χ0n) is 17.6. The van der Waals surface area contributed by atoms with E-state index in [1.54, 1.807) is 4.90 Å². The first-order chi connectivity index (χ1) is 14.6. The minimum Gasteiger partial charge on any atom is -0.326 e. The van der Waals surface area contributed by atoms with Gasteiger partial charge in [-0.1, -0.05) is 44.5 Å². The van der Waals surface area contributed by atoms with E-state index < -0.39 is 5.92 Å². The Kier molecular flexibility index (Phi) is 5.84. The van der Waals surface area contributed by atoms with E-state index in [4.69, 9.17) is 4.98 Å². The number of imidazole rings is 1. The largest absolute Gasteiger partial charge is 0.326 e. The predicted octanol–water partition coefficient (Wildman–Crippen LogP) is 4.39. The van der Waals surface area contributed by atoms with Gasteiger partial charge in [-0.15, -0.1) is 0 Å². The smallest absolute Gasteiger partial charge is 0.234 e. The van der Waals surface area contributed by atoms with Crippen molar-refractivity contribution in [2.45, 2.75) is 46.1 Å². The van der Waals surface area contributed by atoms with Gasteiger partial charge in [-0.2, -0.15) is 0 Å². The zero-order chi connectivity index (χ0) is 21.1. The second-order valence-electron chi connectivity index (χ2n) is 7.85. The van der Waals surface area contributed by atoms with Crippen LogP contribution < -0.4 is 10.2 Å². The average Bonchev–Trinajstić information content (AvgIpc) is 3.12. The summed E-state index contributed by atoms with van der Waals surface area (Å²) in [6.45, 7) is 5.29. The predicted molar refractivity (Wildman–Crippen MR) is 120 cm³/mol. The molecule has 4 rings (SSSR count). The Bertz CT molecular complexity index is 1050. The number of nitrogens with zero attached hydrogens (tertiary/aromatic N) is 3. The molecular weight excluding hydrogens is 376 g/mol. The molecule has 1 unspecified atom stereocenters. The number of aromatic nitrogens is 2. The number of anilines is 2. The first-order valence-corrected chi connectivity index (χ1v) is 10.8. The van der Waals surface area contributed by atoms with Gasteiger partial charge in [-0.25, -0.2) is 4.98 Å². The Morgan fingerprint density at radius 1 is 1.13 bits per heavy atom. The highest BCUT2D eigenvalue weighted by Gasteiger charge is 2.36. The van der Waals surface area contributed by atoms with E-state index in [1.165, 1.54) is 5.56 Å². The van der Waals surface area contributed by atoms with Gasteiger partial charge in [0.15, 0.2) is 0 Å². The molecule has 2 aromatic carbocycles. The maximum Gasteiger partial charge on any atom is 0.234 e. The molecule has 0 radical (unpaired) electrons. The normalized spacial score (nSPS) is 16.0. The Morgan fingerprint density at radius 3 is 2.63 bits per heavy atom. The standard InChI is InChI=1S/C24H28N4O2/c1-3-5-14-27-23(30)18(15-22(29)25-19-12-10-17(4-2)11-13-19)16-28-21-9-7-6-8-20(21)26-24(27)28/h6-13,18H,3-5,14-16H2,1-2H3,(H,25,29). The van der Waals surface area contributed by atoms with Crippen molar-refractivity contribution in [3.8, 4) is 0 Å². The van der Waals surface area contributed by atoms with Crippen LogP contribution in [0.1, 0.15) is 38.7 Å². The number of unbranched alkanes of at least 4 members (excludes halogenated alkanes) is 1. The van der Waals surface area contributed by atoms with Crippen LogP contribution in [-0.4, -0.2) is 27.9 Å². The molecule has 0 aliphatic carbocycles. The minimum atomic E-state index is -0.401. The Morgan fingerprint density at radius 2 is 1.90 bits per heavy atom. The number of para-hydroxylation sites is 2. The second-order valence-corrected chi connectivity index (χ2v) is 7.85. The number of aryl methyl sites for hydroxylation is 1. The number of rotatable bonds is 7. The van der Waals surface area contributed by atoms with E-state index in [-0.39, 0.29) is 18.2 Å². The number of benzene rings is 2. The van der Waals surface area contributed by atoms with Gasteiger partial charge in [-0.05, 0) is 42.7 Å². The van der Waals surface area contributed by atoms with Gasteiger partial charge >= 0.3 is 0 Å². The summed E-state index contributed by atoms with van der Waals surface area (Å²) in [5, 5.41) is 2.94.